The maximum absolute atomic E-state index is 10.5. The maximum Gasteiger partial charge on any atom is 0.146 e. The first-order valence-electron chi connectivity index (χ1n) is 7.69. The first-order chi connectivity index (χ1) is 10.1. The predicted molar refractivity (Wildman–Crippen MR) is 85.5 cm³/mol. The highest BCUT2D eigenvalue weighted by Gasteiger charge is 2.28. The summed E-state index contributed by atoms with van der Waals surface area (Å²) >= 11 is 3.11. The van der Waals surface area contributed by atoms with E-state index < -0.39 is 0 Å². The van der Waals surface area contributed by atoms with E-state index in [-0.39, 0.29) is 0 Å². The number of hydrogen-bond donors (Lipinski definition) is 1. The van der Waals surface area contributed by atoms with Crippen LogP contribution < -0.4 is 0 Å². The average molecular weight is 355 g/mol. The highest BCUT2D eigenvalue weighted by Crippen LogP contribution is 2.38. The highest BCUT2D eigenvalue weighted by molar-refractivity contribution is 9.09. The fraction of sp³-hybridized carbons (Fsp3) is 0.688. The number of carbonyl (C=O) groups excluding carboxylic acids is 2. The van der Waals surface area contributed by atoms with Gasteiger partial charge in [0, 0.05) is 29.6 Å². The van der Waals surface area contributed by atoms with E-state index in [1.165, 1.54) is 18.5 Å². The number of alkyl halides is 1. The second-order valence-electron chi connectivity index (χ2n) is 6.04. The van der Waals surface area contributed by atoms with Crippen LogP contribution in [0.4, 0.5) is 0 Å². The van der Waals surface area contributed by atoms with Crippen LogP contribution in [0.2, 0.25) is 0 Å². The van der Waals surface area contributed by atoms with Gasteiger partial charge in [0.1, 0.15) is 11.6 Å². The van der Waals surface area contributed by atoms with Crippen LogP contribution in [0.3, 0.4) is 0 Å². The van der Waals surface area contributed by atoms with Crippen LogP contribution in [0.1, 0.15) is 57.1 Å². The Kier molecular flexibility index (Phi) is 6.15. The van der Waals surface area contributed by atoms with E-state index in [0.717, 1.165) is 31.6 Å². The first-order valence-corrected chi connectivity index (χ1v) is 8.81. The van der Waals surface area contributed by atoms with Crippen molar-refractivity contribution in [2.75, 3.05) is 5.33 Å². The van der Waals surface area contributed by atoms with Crippen LogP contribution in [0.15, 0.2) is 12.5 Å². The molecule has 1 aromatic rings. The second-order valence-corrected chi connectivity index (χ2v) is 6.60. The van der Waals surface area contributed by atoms with E-state index in [2.05, 4.69) is 25.9 Å². The first kappa shape index (κ1) is 16.4. The molecule has 0 atom stereocenters. The number of aromatic nitrogens is 2. The monoisotopic (exact) mass is 354 g/mol. The minimum atomic E-state index is 0.370. The Morgan fingerprint density at radius 1 is 1.19 bits per heavy atom. The van der Waals surface area contributed by atoms with Crippen LogP contribution in [-0.2, 0) is 9.59 Å². The number of aromatic amines is 1. The molecule has 0 radical (unpaired) electrons. The second kappa shape index (κ2) is 7.87. The van der Waals surface area contributed by atoms with Crippen molar-refractivity contribution in [2.45, 2.75) is 51.4 Å². The molecule has 0 amide bonds. The zero-order chi connectivity index (χ0) is 15.2. The Morgan fingerprint density at radius 3 is 2.05 bits per heavy atom. The molecule has 0 aromatic carbocycles. The molecule has 5 heteroatoms. The molecule has 116 valence electrons. The third-order valence-electron chi connectivity index (χ3n) is 3.85. The maximum atomic E-state index is 10.5. The molecule has 4 rings (SSSR count). The number of nitrogens with zero attached hydrogens (tertiary/aromatic N) is 1. The number of carbonyl (C=O) groups is 2. The van der Waals surface area contributed by atoms with Crippen molar-refractivity contribution in [3.05, 3.63) is 18.2 Å². The van der Waals surface area contributed by atoms with Crippen molar-refractivity contribution in [2.24, 2.45) is 11.8 Å². The van der Waals surface area contributed by atoms with Gasteiger partial charge < -0.3 is 4.98 Å². The van der Waals surface area contributed by atoms with Crippen molar-refractivity contribution in [1.82, 2.24) is 9.97 Å². The Hall–Kier alpha value is -0.970. The van der Waals surface area contributed by atoms with E-state index in [9.17, 15) is 9.59 Å². The van der Waals surface area contributed by atoms with E-state index in [1.807, 2.05) is 6.20 Å². The van der Waals surface area contributed by atoms with Crippen LogP contribution in [0, 0.1) is 11.8 Å². The summed E-state index contributed by atoms with van der Waals surface area (Å²) in [6, 6.07) is 0. The summed E-state index contributed by atoms with van der Waals surface area (Å²) in [5.74, 6) is 2.46. The topological polar surface area (TPSA) is 62.8 Å². The number of hydrogen-bond acceptors (Lipinski definition) is 3. The molecule has 0 spiro atoms. The minimum absolute atomic E-state index is 0.370. The van der Waals surface area contributed by atoms with Gasteiger partial charge in [0.15, 0.2) is 0 Å². The molecule has 1 heterocycles. The lowest BCUT2D eigenvalue weighted by Crippen LogP contribution is -1.99. The molecule has 3 fully saturated rings. The fourth-order valence-corrected chi connectivity index (χ4v) is 2.35. The Balaban J connectivity index is 0.000000117. The molecule has 0 saturated heterocycles. The van der Waals surface area contributed by atoms with Gasteiger partial charge in [0.2, 0.25) is 0 Å². The lowest BCUT2D eigenvalue weighted by atomic mass is 10.3. The van der Waals surface area contributed by atoms with Crippen LogP contribution in [-0.4, -0.2) is 26.9 Å². The molecule has 3 aliphatic rings. The molecular formula is C16H23BrN2O2. The van der Waals surface area contributed by atoms with Gasteiger partial charge in [-0.1, -0.05) is 15.9 Å². The molecule has 3 aliphatic carbocycles. The Morgan fingerprint density at radius 2 is 1.81 bits per heavy atom. The van der Waals surface area contributed by atoms with Gasteiger partial charge in [-0.25, -0.2) is 4.98 Å². The SMILES string of the molecule is CC(=O)C1CC1.O=C(CBr)C1CC1.c1ncc(C2CC2)[nH]1. The van der Waals surface area contributed by atoms with Crippen LogP contribution in [0.5, 0.6) is 0 Å². The molecule has 0 unspecified atom stereocenters. The summed E-state index contributed by atoms with van der Waals surface area (Å²) < 4.78 is 0. The molecule has 3 saturated carbocycles. The van der Waals surface area contributed by atoms with Gasteiger partial charge in [-0.2, -0.15) is 0 Å². The summed E-state index contributed by atoms with van der Waals surface area (Å²) in [6.07, 6.45) is 10.9. The summed E-state index contributed by atoms with van der Waals surface area (Å²) in [7, 11) is 0. The molecule has 1 aromatic heterocycles. The van der Waals surface area contributed by atoms with E-state index >= 15 is 0 Å². The molecule has 4 nitrogen and oxygen atoms in total. The van der Waals surface area contributed by atoms with Gasteiger partial charge in [-0.15, -0.1) is 0 Å². The number of halogens is 1. The van der Waals surface area contributed by atoms with Crippen molar-refractivity contribution in [3.8, 4) is 0 Å². The van der Waals surface area contributed by atoms with Gasteiger partial charge in [0.25, 0.3) is 0 Å². The van der Waals surface area contributed by atoms with Gasteiger partial charge in [0.05, 0.1) is 11.7 Å². The smallest absolute Gasteiger partial charge is 0.146 e. The van der Waals surface area contributed by atoms with E-state index in [0.29, 0.717) is 28.7 Å². The van der Waals surface area contributed by atoms with Gasteiger partial charge >= 0.3 is 0 Å². The van der Waals surface area contributed by atoms with Gasteiger partial charge in [-0.3, -0.25) is 9.59 Å². The number of ketones is 2. The normalized spacial score (nSPS) is 19.7. The number of rotatable bonds is 4. The molecule has 1 N–H and O–H groups in total. The molecule has 21 heavy (non-hydrogen) atoms. The molecule has 0 bridgehead atoms. The van der Waals surface area contributed by atoms with Crippen molar-refractivity contribution >= 4 is 27.5 Å². The predicted octanol–water partition coefficient (Wildman–Crippen LogP) is 3.63. The largest absolute Gasteiger partial charge is 0.348 e. The van der Waals surface area contributed by atoms with Crippen molar-refractivity contribution in [1.29, 1.82) is 0 Å². The summed E-state index contributed by atoms with van der Waals surface area (Å²) in [5, 5.41) is 0.553. The highest BCUT2D eigenvalue weighted by atomic mass is 79.9. The Labute approximate surface area is 134 Å². The third-order valence-corrected chi connectivity index (χ3v) is 4.41. The molecular weight excluding hydrogens is 332 g/mol. The summed E-state index contributed by atoms with van der Waals surface area (Å²) in [6.45, 7) is 1.66. The standard InChI is InChI=1S/C6H8N2.C5H7BrO.C5H8O/c1-2-5(1)6-3-7-4-8-6;6-3-5(7)4-1-2-4;1-4(6)5-2-3-5/h3-5H,1-2H2,(H,7,8);4H,1-3H2;5H,2-3H2,1H3. The third kappa shape index (κ3) is 6.55. The summed E-state index contributed by atoms with van der Waals surface area (Å²) in [4.78, 5) is 27.7. The zero-order valence-electron chi connectivity index (χ0n) is 12.5. The van der Waals surface area contributed by atoms with E-state index in [4.69, 9.17) is 0 Å². The van der Waals surface area contributed by atoms with Crippen molar-refractivity contribution in [3.63, 3.8) is 0 Å². The fourth-order valence-electron chi connectivity index (χ4n) is 1.89. The van der Waals surface area contributed by atoms with Gasteiger partial charge in [-0.05, 0) is 45.4 Å². The minimum Gasteiger partial charge on any atom is -0.348 e. The van der Waals surface area contributed by atoms with Crippen LogP contribution >= 0.6 is 15.9 Å². The quantitative estimate of drug-likeness (QED) is 0.839. The van der Waals surface area contributed by atoms with E-state index in [1.54, 1.807) is 13.3 Å². The summed E-state index contributed by atoms with van der Waals surface area (Å²) in [5.41, 5.74) is 1.31. The lowest BCUT2D eigenvalue weighted by Gasteiger charge is -1.83. The molecule has 0 aliphatic heterocycles. The Bertz CT molecular complexity index is 461. The number of nitrogens with one attached hydrogen (secondary N) is 1. The van der Waals surface area contributed by atoms with Crippen LogP contribution in [0.25, 0.3) is 0 Å². The number of H-pyrrole nitrogens is 1. The average Bonchev–Trinajstić information content (AvgIpc) is 3.36. The van der Waals surface area contributed by atoms with Crippen molar-refractivity contribution < 1.29 is 9.59 Å². The number of Topliss-reactive ketones (excluding diaryl/α,β-unsaturated/α-hetero) is 2. The number of imidazole rings is 1. The zero-order valence-corrected chi connectivity index (χ0v) is 14.1. The lowest BCUT2D eigenvalue weighted by molar-refractivity contribution is -0.118.